The van der Waals surface area contributed by atoms with Crippen LogP contribution in [0.25, 0.3) is 10.6 Å². The first-order valence-electron chi connectivity index (χ1n) is 8.91. The third-order valence-electron chi connectivity index (χ3n) is 5.09. The van der Waals surface area contributed by atoms with Gasteiger partial charge in [0, 0.05) is 36.5 Å². The molecule has 0 amide bonds. The van der Waals surface area contributed by atoms with Gasteiger partial charge in [-0.2, -0.15) is 0 Å². The van der Waals surface area contributed by atoms with Crippen LogP contribution in [-0.4, -0.2) is 29.5 Å². The second-order valence-electron chi connectivity index (χ2n) is 6.83. The molecule has 134 valence electrons. The van der Waals surface area contributed by atoms with Gasteiger partial charge in [-0.05, 0) is 30.2 Å². The van der Waals surface area contributed by atoms with Crippen LogP contribution in [0.15, 0.2) is 60.0 Å². The molecule has 2 atom stereocenters. The van der Waals surface area contributed by atoms with Crippen molar-refractivity contribution < 1.29 is 4.39 Å². The van der Waals surface area contributed by atoms with Crippen LogP contribution in [0.2, 0.25) is 0 Å². The van der Waals surface area contributed by atoms with Crippen molar-refractivity contribution in [2.45, 2.75) is 12.5 Å². The summed E-state index contributed by atoms with van der Waals surface area (Å²) in [6.07, 6.45) is 0. The van der Waals surface area contributed by atoms with Gasteiger partial charge in [-0.1, -0.05) is 42.5 Å². The molecule has 2 heterocycles. The van der Waals surface area contributed by atoms with Gasteiger partial charge in [0.2, 0.25) is 0 Å². The van der Waals surface area contributed by atoms with Crippen LogP contribution in [0.3, 0.4) is 0 Å². The van der Waals surface area contributed by atoms with Crippen molar-refractivity contribution in [3.8, 4) is 10.6 Å². The molecule has 0 bridgehead atoms. The van der Waals surface area contributed by atoms with E-state index in [0.717, 1.165) is 30.3 Å². The molecule has 4 rings (SSSR count). The van der Waals surface area contributed by atoms with Gasteiger partial charge in [0.1, 0.15) is 10.8 Å². The third-order valence-corrected chi connectivity index (χ3v) is 6.01. The summed E-state index contributed by atoms with van der Waals surface area (Å²) in [6.45, 7) is 3.43. The highest BCUT2D eigenvalue weighted by atomic mass is 32.1. The van der Waals surface area contributed by atoms with Crippen molar-refractivity contribution in [3.05, 3.63) is 77.1 Å². The number of rotatable bonds is 5. The Bertz CT molecular complexity index is 864. The van der Waals surface area contributed by atoms with Gasteiger partial charge >= 0.3 is 0 Å². The monoisotopic (exact) mass is 367 g/mol. The number of likely N-dealkylation sites (tertiary alicyclic amines) is 1. The molecule has 3 aromatic rings. The molecule has 0 saturated carbocycles. The Hall–Kier alpha value is -2.08. The maximum Gasteiger partial charge on any atom is 0.133 e. The number of nitrogens with zero attached hydrogens (tertiary/aromatic N) is 2. The zero-order chi connectivity index (χ0) is 17.9. The lowest BCUT2D eigenvalue weighted by atomic mass is 9.89. The number of thiazole rings is 1. The van der Waals surface area contributed by atoms with Crippen LogP contribution in [0.1, 0.15) is 17.2 Å². The first kappa shape index (κ1) is 17.3. The second-order valence-corrected chi connectivity index (χ2v) is 7.69. The van der Waals surface area contributed by atoms with Crippen LogP contribution >= 0.6 is 11.3 Å². The highest BCUT2D eigenvalue weighted by molar-refractivity contribution is 7.13. The molecule has 0 unspecified atom stereocenters. The third kappa shape index (κ3) is 3.56. The lowest BCUT2D eigenvalue weighted by Gasteiger charge is -2.16. The number of halogens is 1. The van der Waals surface area contributed by atoms with Gasteiger partial charge in [-0.25, -0.2) is 9.37 Å². The number of benzene rings is 2. The summed E-state index contributed by atoms with van der Waals surface area (Å²) >= 11 is 1.50. The first-order chi connectivity index (χ1) is 12.7. The van der Waals surface area contributed by atoms with E-state index < -0.39 is 0 Å². The van der Waals surface area contributed by atoms with Crippen molar-refractivity contribution in [3.63, 3.8) is 0 Å². The van der Waals surface area contributed by atoms with Crippen LogP contribution in [0.4, 0.5) is 4.39 Å². The molecule has 1 aliphatic rings. The average molecular weight is 367 g/mol. The molecule has 1 aliphatic heterocycles. The van der Waals surface area contributed by atoms with Crippen molar-refractivity contribution in [1.82, 2.24) is 9.88 Å². The lowest BCUT2D eigenvalue weighted by Crippen LogP contribution is -2.23. The molecular formula is C21H22FN3S. The second kappa shape index (κ2) is 7.66. The Labute approximate surface area is 157 Å². The largest absolute Gasteiger partial charge is 0.330 e. The molecule has 5 heteroatoms. The first-order valence-corrected chi connectivity index (χ1v) is 9.79. The van der Waals surface area contributed by atoms with Gasteiger partial charge in [-0.3, -0.25) is 4.90 Å². The van der Waals surface area contributed by atoms with Crippen LogP contribution in [-0.2, 0) is 6.54 Å². The molecule has 2 N–H and O–H groups in total. The van der Waals surface area contributed by atoms with E-state index in [4.69, 9.17) is 5.73 Å². The van der Waals surface area contributed by atoms with Crippen molar-refractivity contribution in [2.24, 2.45) is 11.7 Å². The van der Waals surface area contributed by atoms with Gasteiger partial charge < -0.3 is 5.73 Å². The minimum atomic E-state index is -0.220. The SMILES string of the molecule is NC[C@@H]1CN(Cc2csc(-c3ccccc3F)n2)C[C@H]1c1ccccc1. The van der Waals surface area contributed by atoms with E-state index in [-0.39, 0.29) is 5.82 Å². The standard InChI is InChI=1S/C21H22FN3S/c22-20-9-5-4-8-18(20)21-24-17(14-26-21)12-25-11-16(10-23)19(13-25)15-6-2-1-3-7-15/h1-9,14,16,19H,10-13,23H2/t16-,19+/m1/s1. The Kier molecular flexibility index (Phi) is 5.11. The molecule has 2 aromatic carbocycles. The van der Waals surface area contributed by atoms with E-state index in [2.05, 4.69) is 34.1 Å². The highest BCUT2D eigenvalue weighted by Gasteiger charge is 2.33. The maximum absolute atomic E-state index is 14.0. The Morgan fingerprint density at radius 1 is 1.08 bits per heavy atom. The summed E-state index contributed by atoms with van der Waals surface area (Å²) in [4.78, 5) is 7.07. The predicted octanol–water partition coefficient (Wildman–Crippen LogP) is 4.12. The van der Waals surface area contributed by atoms with Gasteiger partial charge in [0.15, 0.2) is 0 Å². The smallest absolute Gasteiger partial charge is 0.133 e. The van der Waals surface area contributed by atoms with Crippen LogP contribution < -0.4 is 5.73 Å². The van der Waals surface area contributed by atoms with E-state index >= 15 is 0 Å². The molecule has 0 aliphatic carbocycles. The maximum atomic E-state index is 14.0. The van der Waals surface area contributed by atoms with Crippen LogP contribution in [0.5, 0.6) is 0 Å². The van der Waals surface area contributed by atoms with E-state index in [1.807, 2.05) is 17.5 Å². The van der Waals surface area contributed by atoms with E-state index in [9.17, 15) is 4.39 Å². The summed E-state index contributed by atoms with van der Waals surface area (Å²) in [7, 11) is 0. The Balaban J connectivity index is 1.48. The summed E-state index contributed by atoms with van der Waals surface area (Å²) in [6, 6.07) is 17.4. The van der Waals surface area contributed by atoms with Gasteiger partial charge in [0.05, 0.1) is 5.69 Å². The number of nitrogens with two attached hydrogens (primary N) is 1. The van der Waals surface area contributed by atoms with E-state index in [0.29, 0.717) is 23.9 Å². The number of aromatic nitrogens is 1. The topological polar surface area (TPSA) is 42.1 Å². The molecule has 1 aromatic heterocycles. The normalized spacial score (nSPS) is 20.5. The fraction of sp³-hybridized carbons (Fsp3) is 0.286. The molecule has 3 nitrogen and oxygen atoms in total. The predicted molar refractivity (Wildman–Crippen MR) is 105 cm³/mol. The van der Waals surface area contributed by atoms with Gasteiger partial charge in [0.25, 0.3) is 0 Å². The summed E-state index contributed by atoms with van der Waals surface area (Å²) in [5, 5.41) is 2.78. The molecular weight excluding hydrogens is 345 g/mol. The van der Waals surface area contributed by atoms with Crippen molar-refractivity contribution in [2.75, 3.05) is 19.6 Å². The van der Waals surface area contributed by atoms with E-state index in [1.54, 1.807) is 12.1 Å². The van der Waals surface area contributed by atoms with Crippen molar-refractivity contribution >= 4 is 11.3 Å². The molecule has 0 spiro atoms. The van der Waals surface area contributed by atoms with E-state index in [1.165, 1.54) is 23.0 Å². The number of hydrogen-bond acceptors (Lipinski definition) is 4. The Morgan fingerprint density at radius 2 is 1.85 bits per heavy atom. The quantitative estimate of drug-likeness (QED) is 0.737. The van der Waals surface area contributed by atoms with Crippen molar-refractivity contribution in [1.29, 1.82) is 0 Å². The lowest BCUT2D eigenvalue weighted by molar-refractivity contribution is 0.314. The molecule has 26 heavy (non-hydrogen) atoms. The minimum absolute atomic E-state index is 0.220. The fourth-order valence-electron chi connectivity index (χ4n) is 3.77. The number of hydrogen-bond donors (Lipinski definition) is 1. The zero-order valence-electron chi connectivity index (χ0n) is 14.5. The molecule has 1 fully saturated rings. The molecule has 0 radical (unpaired) electrons. The fourth-order valence-corrected chi connectivity index (χ4v) is 4.61. The zero-order valence-corrected chi connectivity index (χ0v) is 15.3. The minimum Gasteiger partial charge on any atom is -0.330 e. The summed E-state index contributed by atoms with van der Waals surface area (Å²) < 4.78 is 14.0. The average Bonchev–Trinajstić information content (AvgIpc) is 3.30. The van der Waals surface area contributed by atoms with Gasteiger partial charge in [-0.15, -0.1) is 11.3 Å². The summed E-state index contributed by atoms with van der Waals surface area (Å²) in [5.41, 5.74) is 8.96. The van der Waals surface area contributed by atoms with Crippen LogP contribution in [0, 0.1) is 11.7 Å². The Morgan fingerprint density at radius 3 is 2.62 bits per heavy atom. The molecule has 1 saturated heterocycles. The highest BCUT2D eigenvalue weighted by Crippen LogP contribution is 2.33. The summed E-state index contributed by atoms with van der Waals surface area (Å²) in [5.74, 6) is 0.704.